The van der Waals surface area contributed by atoms with E-state index in [1.165, 1.54) is 87.2 Å². The van der Waals surface area contributed by atoms with Gasteiger partial charge in [0, 0.05) is 11.6 Å². The smallest absolute Gasteiger partial charge is 0.228 e. The number of ether oxygens (including phenoxy) is 1. The molecule has 2 heterocycles. The van der Waals surface area contributed by atoms with Crippen LogP contribution in [0.2, 0.25) is 0 Å². The van der Waals surface area contributed by atoms with Crippen LogP contribution in [0.1, 0.15) is 47.9 Å². The molecule has 2 heteroatoms. The molecule has 0 amide bonds. The first-order valence-electron chi connectivity index (χ1n) is 11.7. The molecule has 0 saturated heterocycles. The summed E-state index contributed by atoms with van der Waals surface area (Å²) in [4.78, 5) is 0. The number of aryl methyl sites for hydroxylation is 3. The Bertz CT molecular complexity index is 1380. The van der Waals surface area contributed by atoms with Crippen LogP contribution in [0.4, 0.5) is 0 Å². The van der Waals surface area contributed by atoms with Crippen LogP contribution in [-0.4, -0.2) is 0 Å². The van der Waals surface area contributed by atoms with E-state index >= 15 is 0 Å². The van der Waals surface area contributed by atoms with Crippen LogP contribution in [-0.2, 0) is 13.5 Å². The van der Waals surface area contributed by atoms with Gasteiger partial charge in [0.15, 0.2) is 6.20 Å². The first-order chi connectivity index (χ1) is 15.0. The van der Waals surface area contributed by atoms with Gasteiger partial charge in [-0.25, -0.2) is 4.57 Å². The fraction of sp³-hybridized carbons (Fsp3) is 0.345. The van der Waals surface area contributed by atoms with Crippen LogP contribution < -0.4 is 9.30 Å². The molecule has 0 spiro atoms. The van der Waals surface area contributed by atoms with Crippen molar-refractivity contribution in [2.24, 2.45) is 13.0 Å². The average Bonchev–Trinajstić information content (AvgIpc) is 3.30. The van der Waals surface area contributed by atoms with E-state index in [1.54, 1.807) is 0 Å². The minimum Gasteiger partial charge on any atom is -0.455 e. The molecule has 31 heavy (non-hydrogen) atoms. The van der Waals surface area contributed by atoms with Crippen LogP contribution in [0.3, 0.4) is 0 Å². The molecule has 2 nitrogen and oxygen atoms in total. The van der Waals surface area contributed by atoms with Crippen molar-refractivity contribution in [2.75, 3.05) is 0 Å². The fourth-order valence-electron chi connectivity index (χ4n) is 6.08. The second-order valence-corrected chi connectivity index (χ2v) is 9.69. The maximum Gasteiger partial charge on any atom is 0.228 e. The Morgan fingerprint density at radius 2 is 1.61 bits per heavy atom. The maximum atomic E-state index is 6.85. The highest BCUT2D eigenvalue weighted by molar-refractivity contribution is 6.07. The predicted molar refractivity (Wildman–Crippen MR) is 128 cm³/mol. The average molecular weight is 409 g/mol. The van der Waals surface area contributed by atoms with Crippen molar-refractivity contribution in [3.63, 3.8) is 0 Å². The summed E-state index contributed by atoms with van der Waals surface area (Å²) in [5.41, 5.74) is 7.86. The molecule has 156 valence electrons. The molecule has 4 aromatic rings. The Balaban J connectivity index is 1.68. The molecule has 1 aliphatic heterocycles. The summed E-state index contributed by atoms with van der Waals surface area (Å²) in [6, 6.07) is 13.4. The van der Waals surface area contributed by atoms with Crippen molar-refractivity contribution in [1.82, 2.24) is 0 Å². The van der Waals surface area contributed by atoms with Crippen LogP contribution in [0.5, 0.6) is 11.5 Å². The van der Waals surface area contributed by atoms with Gasteiger partial charge in [0.2, 0.25) is 5.69 Å². The molecular formula is C29H30NO+. The minimum atomic E-state index is 0.825. The lowest BCUT2D eigenvalue weighted by atomic mass is 9.86. The number of benzene rings is 3. The number of rotatable bonds is 2. The van der Waals surface area contributed by atoms with E-state index in [0.717, 1.165) is 17.4 Å². The van der Waals surface area contributed by atoms with Crippen LogP contribution in [0.15, 0.2) is 42.6 Å². The van der Waals surface area contributed by atoms with E-state index in [9.17, 15) is 0 Å². The van der Waals surface area contributed by atoms with Gasteiger partial charge < -0.3 is 4.74 Å². The van der Waals surface area contributed by atoms with Gasteiger partial charge in [-0.1, -0.05) is 56.0 Å². The number of hydrogen-bond acceptors (Lipinski definition) is 1. The van der Waals surface area contributed by atoms with E-state index < -0.39 is 0 Å². The van der Waals surface area contributed by atoms with E-state index in [2.05, 4.69) is 75.0 Å². The largest absolute Gasteiger partial charge is 0.455 e. The topological polar surface area (TPSA) is 13.1 Å². The molecule has 0 bridgehead atoms. The predicted octanol–water partition coefficient (Wildman–Crippen LogP) is 7.25. The maximum absolute atomic E-state index is 6.85. The van der Waals surface area contributed by atoms with E-state index in [0.29, 0.717) is 0 Å². The molecule has 6 rings (SSSR count). The zero-order chi connectivity index (χ0) is 21.3. The Kier molecular flexibility index (Phi) is 4.15. The SMILES string of the molecule is Cc1c(CC2CCCC2)cc2cc[n+](C)c3c2c1Oc1c-3c(C)c2ccccc2c1C. The van der Waals surface area contributed by atoms with Crippen molar-refractivity contribution in [3.8, 4) is 22.8 Å². The molecule has 0 radical (unpaired) electrons. The Labute approximate surface area is 184 Å². The third-order valence-corrected chi connectivity index (χ3v) is 7.84. The molecular weight excluding hydrogens is 378 g/mol. The second kappa shape index (κ2) is 6.82. The van der Waals surface area contributed by atoms with Crippen molar-refractivity contribution in [2.45, 2.75) is 52.9 Å². The fourth-order valence-corrected chi connectivity index (χ4v) is 6.08. The molecule has 2 aliphatic rings. The summed E-state index contributed by atoms with van der Waals surface area (Å²) in [6.07, 6.45) is 8.91. The van der Waals surface area contributed by atoms with Crippen LogP contribution in [0, 0.1) is 26.7 Å². The van der Waals surface area contributed by atoms with Crippen molar-refractivity contribution < 1.29 is 9.30 Å². The van der Waals surface area contributed by atoms with Crippen molar-refractivity contribution in [1.29, 1.82) is 0 Å². The van der Waals surface area contributed by atoms with Gasteiger partial charge in [0.1, 0.15) is 18.5 Å². The van der Waals surface area contributed by atoms with Gasteiger partial charge in [-0.3, -0.25) is 0 Å². The third-order valence-electron chi connectivity index (χ3n) is 7.84. The van der Waals surface area contributed by atoms with E-state index in [1.807, 2.05) is 0 Å². The summed E-state index contributed by atoms with van der Waals surface area (Å²) >= 11 is 0. The molecule has 1 aliphatic carbocycles. The van der Waals surface area contributed by atoms with Gasteiger partial charge in [-0.15, -0.1) is 0 Å². The van der Waals surface area contributed by atoms with Gasteiger partial charge in [0.05, 0.1) is 10.9 Å². The second-order valence-electron chi connectivity index (χ2n) is 9.69. The minimum absolute atomic E-state index is 0.825. The first-order valence-corrected chi connectivity index (χ1v) is 11.7. The van der Waals surface area contributed by atoms with Gasteiger partial charge >= 0.3 is 0 Å². The normalized spacial score (nSPS) is 15.5. The molecule has 0 unspecified atom stereocenters. The number of pyridine rings is 1. The highest BCUT2D eigenvalue weighted by Gasteiger charge is 2.33. The first kappa shape index (κ1) is 18.9. The molecule has 1 aromatic heterocycles. The van der Waals surface area contributed by atoms with Gasteiger partial charge in [-0.05, 0) is 66.0 Å². The third kappa shape index (κ3) is 2.67. The number of fused-ring (bicyclic) bond motifs is 3. The summed E-state index contributed by atoms with van der Waals surface area (Å²) in [5.74, 6) is 2.93. The molecule has 1 fully saturated rings. The zero-order valence-electron chi connectivity index (χ0n) is 19.0. The number of hydrogen-bond donors (Lipinski definition) is 0. The van der Waals surface area contributed by atoms with Crippen molar-refractivity contribution >= 4 is 21.5 Å². The Morgan fingerprint density at radius 1 is 0.903 bits per heavy atom. The van der Waals surface area contributed by atoms with Crippen LogP contribution >= 0.6 is 0 Å². The molecule has 1 saturated carbocycles. The highest BCUT2D eigenvalue weighted by atomic mass is 16.5. The zero-order valence-corrected chi connectivity index (χ0v) is 19.0. The highest BCUT2D eigenvalue weighted by Crippen LogP contribution is 2.52. The Hall–Kier alpha value is -2.87. The lowest BCUT2D eigenvalue weighted by Gasteiger charge is -2.26. The lowest BCUT2D eigenvalue weighted by molar-refractivity contribution is -0.659. The van der Waals surface area contributed by atoms with Crippen molar-refractivity contribution in [3.05, 3.63) is 64.8 Å². The summed E-state index contributed by atoms with van der Waals surface area (Å²) in [7, 11) is 2.17. The summed E-state index contributed by atoms with van der Waals surface area (Å²) in [5, 5.41) is 5.18. The number of aromatic nitrogens is 1. The molecule has 0 atom stereocenters. The Morgan fingerprint density at radius 3 is 2.35 bits per heavy atom. The summed E-state index contributed by atoms with van der Waals surface area (Å²) < 4.78 is 9.13. The molecule has 3 aromatic carbocycles. The summed E-state index contributed by atoms with van der Waals surface area (Å²) in [6.45, 7) is 6.72. The van der Waals surface area contributed by atoms with Crippen LogP contribution in [0.25, 0.3) is 32.8 Å². The number of nitrogens with zero attached hydrogens (tertiary/aromatic N) is 1. The van der Waals surface area contributed by atoms with E-state index in [-0.39, 0.29) is 0 Å². The van der Waals surface area contributed by atoms with Gasteiger partial charge in [-0.2, -0.15) is 0 Å². The quantitative estimate of drug-likeness (QED) is 0.280. The monoisotopic (exact) mass is 408 g/mol. The molecule has 0 N–H and O–H groups in total. The van der Waals surface area contributed by atoms with E-state index in [4.69, 9.17) is 4.74 Å². The standard InChI is InChI=1S/C29H30NO/c1-17-22(15-20-9-5-6-10-20)16-21-13-14-30(4)27-25-18(2)23-11-7-8-12-24(23)19(3)29(25)31-28(17)26(21)27/h7-8,11-14,16,20H,5-6,9-10,15H2,1-4H3/q+1. The lowest BCUT2D eigenvalue weighted by Crippen LogP contribution is -2.32. The van der Waals surface area contributed by atoms with Gasteiger partial charge in [0.25, 0.3) is 0 Å².